The lowest BCUT2D eigenvalue weighted by Gasteiger charge is -2.25. The Morgan fingerprint density at radius 1 is 1.50 bits per heavy atom. The van der Waals surface area contributed by atoms with Gasteiger partial charge in [0.25, 0.3) is 6.43 Å². The molecule has 0 aromatic heterocycles. The van der Waals surface area contributed by atoms with E-state index >= 15 is 0 Å². The van der Waals surface area contributed by atoms with Crippen LogP contribution in [0.1, 0.15) is 26.2 Å². The number of hydrogen-bond donors (Lipinski definition) is 0. The number of hydrogen-bond acceptors (Lipinski definition) is 1. The molecule has 0 bridgehead atoms. The molecule has 2 nitrogen and oxygen atoms in total. The predicted molar refractivity (Wildman–Crippen MR) is 53.6 cm³/mol. The van der Waals surface area contributed by atoms with Crippen LogP contribution in [-0.2, 0) is 11.0 Å². The second-order valence-electron chi connectivity index (χ2n) is 3.99. The lowest BCUT2D eigenvalue weighted by atomic mass is 10.1. The first-order valence-corrected chi connectivity index (χ1v) is 6.40. The summed E-state index contributed by atoms with van der Waals surface area (Å²) in [5.41, 5.74) is 0. The second kappa shape index (κ2) is 5.16. The fourth-order valence-corrected chi connectivity index (χ4v) is 2.97. The van der Waals surface area contributed by atoms with E-state index in [-0.39, 0.29) is 12.6 Å². The molecule has 14 heavy (non-hydrogen) atoms. The van der Waals surface area contributed by atoms with Gasteiger partial charge in [0.05, 0.1) is 17.5 Å². The third-order valence-electron chi connectivity index (χ3n) is 2.72. The first kappa shape index (κ1) is 12.0. The van der Waals surface area contributed by atoms with E-state index in [1.165, 1.54) is 10.6 Å². The molecule has 1 aliphatic rings. The Kier molecular flexibility index (Phi) is 4.44. The van der Waals surface area contributed by atoms with Crippen LogP contribution in [-0.4, -0.2) is 33.8 Å². The molecule has 0 amide bonds. The Labute approximate surface area is 86.3 Å². The van der Waals surface area contributed by atoms with Crippen molar-refractivity contribution in [3.05, 3.63) is 0 Å². The highest BCUT2D eigenvalue weighted by molar-refractivity contribution is 7.81. The van der Waals surface area contributed by atoms with E-state index in [0.29, 0.717) is 5.92 Å². The van der Waals surface area contributed by atoms with E-state index in [4.69, 9.17) is 0 Å². The molecule has 1 saturated carbocycles. The van der Waals surface area contributed by atoms with Crippen molar-refractivity contribution < 1.29 is 13.0 Å². The van der Waals surface area contributed by atoms with Gasteiger partial charge in [-0.3, -0.25) is 0 Å². The standard InChI is InChI=1S/C9H17F2NOS/c1-7-3-4-8(5-7)12(14(2)13)6-9(10)11/h7-9H,3-6H2,1-2H3. The molecule has 0 heterocycles. The van der Waals surface area contributed by atoms with E-state index in [2.05, 4.69) is 6.92 Å². The molecule has 0 N–H and O–H groups in total. The van der Waals surface area contributed by atoms with E-state index < -0.39 is 17.4 Å². The van der Waals surface area contributed by atoms with Crippen LogP contribution in [0.5, 0.6) is 0 Å². The minimum atomic E-state index is -2.39. The molecule has 0 radical (unpaired) electrons. The third-order valence-corrected chi connectivity index (χ3v) is 3.83. The fourth-order valence-electron chi connectivity index (χ4n) is 2.04. The molecule has 0 aromatic rings. The van der Waals surface area contributed by atoms with Crippen LogP contribution in [0.15, 0.2) is 0 Å². The largest absolute Gasteiger partial charge is 0.252 e. The summed E-state index contributed by atoms with van der Waals surface area (Å²) in [7, 11) is -1.28. The molecule has 0 spiro atoms. The molecule has 0 aromatic carbocycles. The highest BCUT2D eigenvalue weighted by Gasteiger charge is 2.30. The third kappa shape index (κ3) is 3.28. The zero-order chi connectivity index (χ0) is 10.7. The van der Waals surface area contributed by atoms with Crippen molar-refractivity contribution in [1.29, 1.82) is 0 Å². The molecule has 0 aliphatic heterocycles. The normalized spacial score (nSPS) is 30.1. The number of rotatable bonds is 4. The van der Waals surface area contributed by atoms with E-state index in [1.807, 2.05) is 0 Å². The summed E-state index contributed by atoms with van der Waals surface area (Å²) in [5, 5.41) is 0. The quantitative estimate of drug-likeness (QED) is 0.717. The van der Waals surface area contributed by atoms with Gasteiger partial charge >= 0.3 is 0 Å². The van der Waals surface area contributed by atoms with Crippen LogP contribution in [0.3, 0.4) is 0 Å². The van der Waals surface area contributed by atoms with Crippen LogP contribution in [0.2, 0.25) is 0 Å². The zero-order valence-electron chi connectivity index (χ0n) is 8.58. The average molecular weight is 225 g/mol. The van der Waals surface area contributed by atoms with Crippen LogP contribution in [0.4, 0.5) is 8.78 Å². The van der Waals surface area contributed by atoms with Crippen LogP contribution < -0.4 is 0 Å². The van der Waals surface area contributed by atoms with Gasteiger partial charge in [-0.1, -0.05) is 6.92 Å². The minimum Gasteiger partial charge on any atom is -0.243 e. The predicted octanol–water partition coefficient (Wildman–Crippen LogP) is 2.04. The maximum atomic E-state index is 12.2. The molecule has 3 atom stereocenters. The minimum absolute atomic E-state index is 0.0878. The molecule has 1 rings (SSSR count). The summed E-state index contributed by atoms with van der Waals surface area (Å²) in [6, 6.07) is 0.0878. The Balaban J connectivity index is 2.54. The zero-order valence-corrected chi connectivity index (χ0v) is 9.40. The molecule has 84 valence electrons. The summed E-state index contributed by atoms with van der Waals surface area (Å²) in [6.45, 7) is 1.75. The first-order valence-electron chi connectivity index (χ1n) is 4.89. The summed E-state index contributed by atoms with van der Waals surface area (Å²) in [4.78, 5) is 0. The summed E-state index contributed by atoms with van der Waals surface area (Å²) in [6.07, 6.45) is 1.93. The van der Waals surface area contributed by atoms with Crippen molar-refractivity contribution in [2.75, 3.05) is 12.8 Å². The van der Waals surface area contributed by atoms with Crippen LogP contribution in [0.25, 0.3) is 0 Å². The molecular formula is C9H17F2NOS. The summed E-state index contributed by atoms with van der Waals surface area (Å²) >= 11 is 0. The number of alkyl halides is 2. The van der Waals surface area contributed by atoms with E-state index in [0.717, 1.165) is 19.3 Å². The van der Waals surface area contributed by atoms with Gasteiger partial charge in [-0.2, -0.15) is 0 Å². The second-order valence-corrected chi connectivity index (χ2v) is 5.30. The first-order chi connectivity index (χ1) is 6.50. The molecule has 3 unspecified atom stereocenters. The Hall–Kier alpha value is -0.0300. The van der Waals surface area contributed by atoms with Gasteiger partial charge in [0.2, 0.25) is 0 Å². The topological polar surface area (TPSA) is 20.3 Å². The van der Waals surface area contributed by atoms with Gasteiger partial charge in [-0.05, 0) is 25.2 Å². The van der Waals surface area contributed by atoms with Gasteiger partial charge in [-0.25, -0.2) is 17.3 Å². The summed E-state index contributed by atoms with van der Waals surface area (Å²) < 4.78 is 37.2. The van der Waals surface area contributed by atoms with Crippen molar-refractivity contribution in [3.8, 4) is 0 Å². The molecule has 5 heteroatoms. The van der Waals surface area contributed by atoms with Crippen LogP contribution in [0, 0.1) is 5.92 Å². The van der Waals surface area contributed by atoms with Crippen molar-refractivity contribution in [2.24, 2.45) is 5.92 Å². The molecule has 1 fully saturated rings. The SMILES string of the molecule is CC1CCC(N(CC(F)F)S(C)=O)C1. The lowest BCUT2D eigenvalue weighted by Crippen LogP contribution is -2.38. The van der Waals surface area contributed by atoms with Crippen molar-refractivity contribution in [1.82, 2.24) is 4.31 Å². The highest BCUT2D eigenvalue weighted by atomic mass is 32.2. The number of halogens is 2. The van der Waals surface area contributed by atoms with Crippen LogP contribution >= 0.6 is 0 Å². The molecule has 1 aliphatic carbocycles. The average Bonchev–Trinajstić information content (AvgIpc) is 2.46. The van der Waals surface area contributed by atoms with Gasteiger partial charge in [0, 0.05) is 12.3 Å². The summed E-state index contributed by atoms with van der Waals surface area (Å²) in [5.74, 6) is 0.573. The van der Waals surface area contributed by atoms with Crippen molar-refractivity contribution >= 4 is 11.0 Å². The van der Waals surface area contributed by atoms with Gasteiger partial charge in [0.1, 0.15) is 0 Å². The number of nitrogens with zero attached hydrogens (tertiary/aromatic N) is 1. The Morgan fingerprint density at radius 2 is 2.14 bits per heavy atom. The molecular weight excluding hydrogens is 208 g/mol. The fraction of sp³-hybridized carbons (Fsp3) is 1.00. The van der Waals surface area contributed by atoms with E-state index in [1.54, 1.807) is 0 Å². The lowest BCUT2D eigenvalue weighted by molar-refractivity contribution is 0.109. The highest BCUT2D eigenvalue weighted by Crippen LogP contribution is 2.29. The van der Waals surface area contributed by atoms with E-state index in [9.17, 15) is 13.0 Å². The van der Waals surface area contributed by atoms with Crippen molar-refractivity contribution in [2.45, 2.75) is 38.7 Å². The monoisotopic (exact) mass is 225 g/mol. The van der Waals surface area contributed by atoms with Gasteiger partial charge in [0.15, 0.2) is 0 Å². The molecule has 0 saturated heterocycles. The van der Waals surface area contributed by atoms with Gasteiger partial charge < -0.3 is 0 Å². The maximum absolute atomic E-state index is 12.2. The van der Waals surface area contributed by atoms with Gasteiger partial charge in [-0.15, -0.1) is 0 Å². The smallest absolute Gasteiger partial charge is 0.243 e. The maximum Gasteiger partial charge on any atom is 0.252 e. The Morgan fingerprint density at radius 3 is 2.50 bits per heavy atom. The Bertz CT molecular complexity index is 213. The van der Waals surface area contributed by atoms with Crippen molar-refractivity contribution in [3.63, 3.8) is 0 Å².